The molecule has 2 amide bonds. The molecule has 0 bridgehead atoms. The minimum atomic E-state index is -0.217. The lowest BCUT2D eigenvalue weighted by Crippen LogP contribution is -2.33. The molecular weight excluding hydrogens is 274 g/mol. The minimum Gasteiger partial charge on any atom is -0.355 e. The molecule has 0 aromatic carbocycles. The van der Waals surface area contributed by atoms with E-state index in [1.165, 1.54) is 6.92 Å². The van der Waals surface area contributed by atoms with Crippen molar-refractivity contribution in [2.75, 3.05) is 13.1 Å². The second kappa shape index (κ2) is 6.22. The van der Waals surface area contributed by atoms with Gasteiger partial charge in [-0.1, -0.05) is 0 Å². The number of aromatic nitrogens is 1. The molecule has 0 unspecified atom stereocenters. The molecule has 1 heterocycles. The van der Waals surface area contributed by atoms with Crippen molar-refractivity contribution in [1.29, 1.82) is 0 Å². The number of amides is 2. The van der Waals surface area contributed by atoms with Gasteiger partial charge in [0.05, 0.1) is 5.56 Å². The number of carbonyl (C=O) groups is 2. The summed E-state index contributed by atoms with van der Waals surface area (Å²) in [5.74, 6) is -0.331. The van der Waals surface area contributed by atoms with Crippen molar-refractivity contribution in [2.45, 2.75) is 6.92 Å². The monoisotopic (exact) mass is 285 g/mol. The van der Waals surface area contributed by atoms with Crippen molar-refractivity contribution in [3.05, 3.63) is 28.5 Å². The maximum atomic E-state index is 11.6. The fraction of sp³-hybridized carbons (Fsp3) is 0.300. The average molecular weight is 286 g/mol. The second-order valence-corrected chi connectivity index (χ2v) is 3.83. The predicted molar refractivity (Wildman–Crippen MR) is 63.0 cm³/mol. The largest absolute Gasteiger partial charge is 0.355 e. The number of nitrogens with one attached hydrogen (secondary N) is 2. The van der Waals surface area contributed by atoms with Crippen LogP contribution in [-0.2, 0) is 4.79 Å². The number of halogens is 1. The number of rotatable bonds is 4. The Hall–Kier alpha value is -1.43. The predicted octanol–water partition coefficient (Wildman–Crippen LogP) is 0.710. The van der Waals surface area contributed by atoms with E-state index < -0.39 is 0 Å². The molecule has 1 aromatic rings. The highest BCUT2D eigenvalue weighted by molar-refractivity contribution is 9.10. The fourth-order valence-electron chi connectivity index (χ4n) is 1.07. The number of carbonyl (C=O) groups excluding carboxylic acids is 2. The molecule has 0 aliphatic carbocycles. The van der Waals surface area contributed by atoms with Gasteiger partial charge in [-0.2, -0.15) is 0 Å². The first kappa shape index (κ1) is 12.6. The third-order valence-electron chi connectivity index (χ3n) is 1.79. The normalized spacial score (nSPS) is 9.62. The van der Waals surface area contributed by atoms with Crippen LogP contribution >= 0.6 is 15.9 Å². The van der Waals surface area contributed by atoms with Gasteiger partial charge in [-0.25, -0.2) is 4.98 Å². The van der Waals surface area contributed by atoms with E-state index in [0.29, 0.717) is 23.3 Å². The number of hydrogen-bond acceptors (Lipinski definition) is 3. The molecule has 0 aliphatic rings. The van der Waals surface area contributed by atoms with Crippen molar-refractivity contribution in [3.8, 4) is 0 Å². The molecule has 0 fully saturated rings. The summed E-state index contributed by atoms with van der Waals surface area (Å²) in [6.07, 6.45) is 1.60. The van der Waals surface area contributed by atoms with Crippen LogP contribution in [0.5, 0.6) is 0 Å². The van der Waals surface area contributed by atoms with Gasteiger partial charge in [0.1, 0.15) is 4.60 Å². The molecule has 1 aromatic heterocycles. The van der Waals surface area contributed by atoms with Gasteiger partial charge >= 0.3 is 0 Å². The Morgan fingerprint density at radius 3 is 2.69 bits per heavy atom. The first-order valence-electron chi connectivity index (χ1n) is 4.74. The van der Waals surface area contributed by atoms with Crippen molar-refractivity contribution in [3.63, 3.8) is 0 Å². The molecule has 0 aliphatic heterocycles. The molecule has 0 saturated carbocycles. The molecule has 2 N–H and O–H groups in total. The van der Waals surface area contributed by atoms with Gasteiger partial charge in [-0.05, 0) is 28.1 Å². The smallest absolute Gasteiger partial charge is 0.254 e. The summed E-state index contributed by atoms with van der Waals surface area (Å²) < 4.78 is 0.507. The van der Waals surface area contributed by atoms with Gasteiger partial charge in [0.15, 0.2) is 0 Å². The van der Waals surface area contributed by atoms with Crippen LogP contribution in [0, 0.1) is 0 Å². The molecule has 16 heavy (non-hydrogen) atoms. The van der Waals surface area contributed by atoms with Crippen molar-refractivity contribution >= 4 is 27.7 Å². The SMILES string of the molecule is CC(=O)NCCNC(=O)c1cccnc1Br. The number of nitrogens with zero attached hydrogens (tertiary/aromatic N) is 1. The lowest BCUT2D eigenvalue weighted by atomic mass is 10.3. The van der Waals surface area contributed by atoms with Gasteiger partial charge < -0.3 is 10.6 Å². The zero-order valence-electron chi connectivity index (χ0n) is 8.79. The highest BCUT2D eigenvalue weighted by Gasteiger charge is 2.08. The van der Waals surface area contributed by atoms with Crippen molar-refractivity contribution < 1.29 is 9.59 Å². The van der Waals surface area contributed by atoms with E-state index in [1.54, 1.807) is 18.3 Å². The summed E-state index contributed by atoms with van der Waals surface area (Å²) in [4.78, 5) is 26.1. The average Bonchev–Trinajstić information content (AvgIpc) is 2.24. The van der Waals surface area contributed by atoms with Gasteiger partial charge in [-0.15, -0.1) is 0 Å². The Morgan fingerprint density at radius 1 is 1.38 bits per heavy atom. The van der Waals surface area contributed by atoms with E-state index in [9.17, 15) is 9.59 Å². The first-order chi connectivity index (χ1) is 7.61. The molecule has 0 atom stereocenters. The summed E-state index contributed by atoms with van der Waals surface area (Å²) in [6, 6.07) is 3.36. The summed E-state index contributed by atoms with van der Waals surface area (Å²) in [5, 5.41) is 5.26. The maximum absolute atomic E-state index is 11.6. The van der Waals surface area contributed by atoms with E-state index in [1.807, 2.05) is 0 Å². The lowest BCUT2D eigenvalue weighted by molar-refractivity contribution is -0.118. The van der Waals surface area contributed by atoms with E-state index in [2.05, 4.69) is 31.5 Å². The molecule has 6 heteroatoms. The highest BCUT2D eigenvalue weighted by atomic mass is 79.9. The molecule has 1 rings (SSSR count). The first-order valence-corrected chi connectivity index (χ1v) is 5.53. The Kier molecular flexibility index (Phi) is 4.91. The Labute approximate surface area is 102 Å². The number of hydrogen-bond donors (Lipinski definition) is 2. The van der Waals surface area contributed by atoms with E-state index >= 15 is 0 Å². The van der Waals surface area contributed by atoms with E-state index in [-0.39, 0.29) is 11.8 Å². The van der Waals surface area contributed by atoms with Gasteiger partial charge in [0.2, 0.25) is 5.91 Å². The number of pyridine rings is 1. The van der Waals surface area contributed by atoms with Crippen LogP contribution in [0.2, 0.25) is 0 Å². The molecule has 0 radical (unpaired) electrons. The van der Waals surface area contributed by atoms with E-state index in [0.717, 1.165) is 0 Å². The molecule has 0 saturated heterocycles. The summed E-state index contributed by atoms with van der Waals surface area (Å²) in [5.41, 5.74) is 0.477. The van der Waals surface area contributed by atoms with Crippen LogP contribution < -0.4 is 10.6 Å². The van der Waals surface area contributed by atoms with Crippen LogP contribution in [0.3, 0.4) is 0 Å². The second-order valence-electron chi connectivity index (χ2n) is 3.08. The zero-order valence-corrected chi connectivity index (χ0v) is 10.4. The molecular formula is C10H12BrN3O2. The third-order valence-corrected chi connectivity index (χ3v) is 2.42. The minimum absolute atomic E-state index is 0.114. The highest BCUT2D eigenvalue weighted by Crippen LogP contribution is 2.11. The summed E-state index contributed by atoms with van der Waals surface area (Å²) >= 11 is 3.19. The Balaban J connectivity index is 2.41. The van der Waals surface area contributed by atoms with Crippen LogP contribution in [0.4, 0.5) is 0 Å². The van der Waals surface area contributed by atoms with Crippen LogP contribution in [0.1, 0.15) is 17.3 Å². The van der Waals surface area contributed by atoms with Gasteiger partial charge in [0, 0.05) is 26.2 Å². The summed E-state index contributed by atoms with van der Waals surface area (Å²) in [7, 11) is 0. The Morgan fingerprint density at radius 2 is 2.06 bits per heavy atom. The molecule has 86 valence electrons. The summed E-state index contributed by atoms with van der Waals surface area (Å²) in [6.45, 7) is 2.23. The maximum Gasteiger partial charge on any atom is 0.254 e. The van der Waals surface area contributed by atoms with Gasteiger partial charge in [-0.3, -0.25) is 9.59 Å². The topological polar surface area (TPSA) is 71.1 Å². The zero-order chi connectivity index (χ0) is 12.0. The third kappa shape index (κ3) is 3.98. The molecule has 0 spiro atoms. The van der Waals surface area contributed by atoms with Crippen LogP contribution in [0.25, 0.3) is 0 Å². The quantitative estimate of drug-likeness (QED) is 0.632. The van der Waals surface area contributed by atoms with E-state index in [4.69, 9.17) is 0 Å². The van der Waals surface area contributed by atoms with Gasteiger partial charge in [0.25, 0.3) is 5.91 Å². The fourth-order valence-corrected chi connectivity index (χ4v) is 1.50. The van der Waals surface area contributed by atoms with Crippen LogP contribution in [-0.4, -0.2) is 29.9 Å². The lowest BCUT2D eigenvalue weighted by Gasteiger charge is -2.06. The van der Waals surface area contributed by atoms with Crippen molar-refractivity contribution in [1.82, 2.24) is 15.6 Å². The molecule has 5 nitrogen and oxygen atoms in total. The standard InChI is InChI=1S/C10H12BrN3O2/c1-7(15)12-5-6-14-10(16)8-3-2-4-13-9(8)11/h2-4H,5-6H2,1H3,(H,12,15)(H,14,16). The van der Waals surface area contributed by atoms with Crippen LogP contribution in [0.15, 0.2) is 22.9 Å². The van der Waals surface area contributed by atoms with Crippen molar-refractivity contribution in [2.24, 2.45) is 0 Å². The Bertz CT molecular complexity index is 395.